The Morgan fingerprint density at radius 2 is 1.91 bits per heavy atom. The SMILES string of the molecule is O=C(CCOc1ccccc1)N1CCOC(=O)C12CCCCC2. The van der Waals surface area contributed by atoms with E-state index >= 15 is 0 Å². The minimum atomic E-state index is -0.722. The highest BCUT2D eigenvalue weighted by Crippen LogP contribution is 2.37. The molecular weight excluding hydrogens is 294 g/mol. The third kappa shape index (κ3) is 3.33. The fourth-order valence-corrected chi connectivity index (χ4v) is 3.57. The predicted molar refractivity (Wildman–Crippen MR) is 85.0 cm³/mol. The van der Waals surface area contributed by atoms with Gasteiger partial charge in [0, 0.05) is 0 Å². The molecule has 2 fully saturated rings. The molecule has 0 aromatic heterocycles. The molecule has 1 saturated carbocycles. The molecule has 1 aliphatic carbocycles. The molecule has 1 amide bonds. The molecule has 1 aliphatic heterocycles. The van der Waals surface area contributed by atoms with E-state index in [4.69, 9.17) is 9.47 Å². The normalized spacial score (nSPS) is 20.2. The van der Waals surface area contributed by atoms with Crippen molar-refractivity contribution < 1.29 is 19.1 Å². The van der Waals surface area contributed by atoms with Crippen molar-refractivity contribution in [3.05, 3.63) is 30.3 Å². The van der Waals surface area contributed by atoms with E-state index in [1.165, 1.54) is 0 Å². The summed E-state index contributed by atoms with van der Waals surface area (Å²) in [6.07, 6.45) is 4.78. The first-order chi connectivity index (χ1) is 11.2. The third-order valence-corrected chi connectivity index (χ3v) is 4.75. The Morgan fingerprint density at radius 3 is 2.65 bits per heavy atom. The second kappa shape index (κ2) is 7.02. The number of carbonyl (C=O) groups is 2. The molecule has 3 rings (SSSR count). The van der Waals surface area contributed by atoms with Crippen molar-refractivity contribution >= 4 is 11.9 Å². The summed E-state index contributed by atoms with van der Waals surface area (Å²) in [6.45, 7) is 1.12. The molecule has 1 spiro atoms. The highest BCUT2D eigenvalue weighted by atomic mass is 16.5. The lowest BCUT2D eigenvalue weighted by molar-refractivity contribution is -0.178. The van der Waals surface area contributed by atoms with Crippen LogP contribution in [0.15, 0.2) is 30.3 Å². The summed E-state index contributed by atoms with van der Waals surface area (Å²) in [5.41, 5.74) is -0.722. The van der Waals surface area contributed by atoms with Gasteiger partial charge in [0.15, 0.2) is 0 Å². The Balaban J connectivity index is 1.61. The van der Waals surface area contributed by atoms with Gasteiger partial charge in [0.25, 0.3) is 0 Å². The maximum absolute atomic E-state index is 12.6. The number of cyclic esters (lactones) is 1. The largest absolute Gasteiger partial charge is 0.493 e. The first kappa shape index (κ1) is 15.8. The van der Waals surface area contributed by atoms with Crippen molar-refractivity contribution in [3.8, 4) is 5.75 Å². The van der Waals surface area contributed by atoms with Crippen LogP contribution < -0.4 is 4.74 Å². The molecule has 1 aromatic rings. The molecule has 2 aliphatic rings. The fraction of sp³-hybridized carbons (Fsp3) is 0.556. The molecule has 1 saturated heterocycles. The van der Waals surface area contributed by atoms with E-state index in [9.17, 15) is 9.59 Å². The van der Waals surface area contributed by atoms with E-state index in [2.05, 4.69) is 0 Å². The summed E-state index contributed by atoms with van der Waals surface area (Å²) >= 11 is 0. The van der Waals surface area contributed by atoms with Gasteiger partial charge in [-0.2, -0.15) is 0 Å². The van der Waals surface area contributed by atoms with Crippen molar-refractivity contribution in [1.29, 1.82) is 0 Å². The van der Waals surface area contributed by atoms with Gasteiger partial charge in [0.1, 0.15) is 17.9 Å². The maximum Gasteiger partial charge on any atom is 0.332 e. The lowest BCUT2D eigenvalue weighted by Gasteiger charge is -2.47. The molecule has 5 nitrogen and oxygen atoms in total. The summed E-state index contributed by atoms with van der Waals surface area (Å²) in [4.78, 5) is 26.7. The third-order valence-electron chi connectivity index (χ3n) is 4.75. The van der Waals surface area contributed by atoms with Crippen molar-refractivity contribution in [3.63, 3.8) is 0 Å². The summed E-state index contributed by atoms with van der Waals surface area (Å²) < 4.78 is 10.9. The van der Waals surface area contributed by atoms with Crippen LogP contribution in [0.5, 0.6) is 5.75 Å². The van der Waals surface area contributed by atoms with Gasteiger partial charge in [-0.1, -0.05) is 37.5 Å². The van der Waals surface area contributed by atoms with Crippen LogP contribution in [0.25, 0.3) is 0 Å². The summed E-state index contributed by atoms with van der Waals surface area (Å²) in [5.74, 6) is 0.519. The number of amides is 1. The molecule has 1 aromatic carbocycles. The second-order valence-corrected chi connectivity index (χ2v) is 6.19. The summed E-state index contributed by atoms with van der Waals surface area (Å²) in [5, 5.41) is 0. The number of para-hydroxylation sites is 1. The van der Waals surface area contributed by atoms with Crippen molar-refractivity contribution in [2.45, 2.75) is 44.1 Å². The van der Waals surface area contributed by atoms with Crippen LogP contribution in [0.2, 0.25) is 0 Å². The molecule has 1 heterocycles. The van der Waals surface area contributed by atoms with E-state index in [0.29, 0.717) is 19.8 Å². The van der Waals surface area contributed by atoms with Crippen molar-refractivity contribution in [2.75, 3.05) is 19.8 Å². The topological polar surface area (TPSA) is 55.8 Å². The Kier molecular flexibility index (Phi) is 4.84. The van der Waals surface area contributed by atoms with Crippen LogP contribution in [0.4, 0.5) is 0 Å². The molecule has 0 N–H and O–H groups in total. The average molecular weight is 317 g/mol. The Labute approximate surface area is 136 Å². The number of nitrogens with zero attached hydrogens (tertiary/aromatic N) is 1. The van der Waals surface area contributed by atoms with Crippen LogP contribution in [-0.2, 0) is 14.3 Å². The van der Waals surface area contributed by atoms with Crippen LogP contribution in [0.3, 0.4) is 0 Å². The number of benzene rings is 1. The number of carbonyl (C=O) groups excluding carboxylic acids is 2. The van der Waals surface area contributed by atoms with Gasteiger partial charge in [-0.3, -0.25) is 4.79 Å². The maximum atomic E-state index is 12.6. The van der Waals surface area contributed by atoms with Gasteiger partial charge in [-0.15, -0.1) is 0 Å². The number of hydrogen-bond donors (Lipinski definition) is 0. The zero-order valence-electron chi connectivity index (χ0n) is 13.3. The molecule has 5 heteroatoms. The Bertz CT molecular complexity index is 551. The van der Waals surface area contributed by atoms with Crippen molar-refractivity contribution in [1.82, 2.24) is 4.90 Å². The molecule has 23 heavy (non-hydrogen) atoms. The number of rotatable bonds is 4. The first-order valence-electron chi connectivity index (χ1n) is 8.38. The lowest BCUT2D eigenvalue weighted by Crippen LogP contribution is -2.62. The van der Waals surface area contributed by atoms with Crippen molar-refractivity contribution in [2.24, 2.45) is 0 Å². The minimum absolute atomic E-state index is 0.0144. The Hall–Kier alpha value is -2.04. The van der Waals surface area contributed by atoms with E-state index in [1.807, 2.05) is 30.3 Å². The highest BCUT2D eigenvalue weighted by Gasteiger charge is 2.50. The van der Waals surface area contributed by atoms with Gasteiger partial charge in [-0.05, 0) is 25.0 Å². The quantitative estimate of drug-likeness (QED) is 0.801. The summed E-state index contributed by atoms with van der Waals surface area (Å²) in [7, 11) is 0. The lowest BCUT2D eigenvalue weighted by atomic mass is 9.79. The standard InChI is InChI=1S/C18H23NO4/c20-16(9-13-22-15-7-3-1-4-8-15)19-12-14-23-17(21)18(19)10-5-2-6-11-18/h1,3-4,7-8H,2,5-6,9-14H2. The van der Waals surface area contributed by atoms with Gasteiger partial charge >= 0.3 is 5.97 Å². The van der Waals surface area contributed by atoms with Gasteiger partial charge in [-0.25, -0.2) is 4.79 Å². The van der Waals surface area contributed by atoms with Crippen LogP contribution in [0, 0.1) is 0 Å². The van der Waals surface area contributed by atoms with E-state index in [0.717, 1.165) is 37.9 Å². The van der Waals surface area contributed by atoms with E-state index < -0.39 is 5.54 Å². The molecule has 0 atom stereocenters. The van der Waals surface area contributed by atoms with E-state index in [1.54, 1.807) is 4.90 Å². The highest BCUT2D eigenvalue weighted by molar-refractivity contribution is 5.89. The van der Waals surface area contributed by atoms with Crippen LogP contribution in [-0.4, -0.2) is 42.1 Å². The van der Waals surface area contributed by atoms with Gasteiger partial charge in [0.2, 0.25) is 5.91 Å². The van der Waals surface area contributed by atoms with Gasteiger partial charge in [0.05, 0.1) is 19.6 Å². The molecule has 0 radical (unpaired) electrons. The Morgan fingerprint density at radius 1 is 1.17 bits per heavy atom. The zero-order valence-corrected chi connectivity index (χ0v) is 13.3. The minimum Gasteiger partial charge on any atom is -0.493 e. The number of hydrogen-bond acceptors (Lipinski definition) is 4. The molecule has 124 valence electrons. The van der Waals surface area contributed by atoms with Crippen LogP contribution >= 0.6 is 0 Å². The van der Waals surface area contributed by atoms with E-state index in [-0.39, 0.29) is 18.3 Å². The summed E-state index contributed by atoms with van der Waals surface area (Å²) in [6, 6.07) is 9.45. The van der Waals surface area contributed by atoms with Gasteiger partial charge < -0.3 is 14.4 Å². The zero-order chi connectivity index (χ0) is 16.1. The molecule has 0 unspecified atom stereocenters. The fourth-order valence-electron chi connectivity index (χ4n) is 3.57. The smallest absolute Gasteiger partial charge is 0.332 e. The predicted octanol–water partition coefficient (Wildman–Crippen LogP) is 2.54. The number of morpholine rings is 1. The second-order valence-electron chi connectivity index (χ2n) is 6.19. The molecular formula is C18H23NO4. The average Bonchev–Trinajstić information content (AvgIpc) is 2.59. The number of esters is 1. The first-order valence-corrected chi connectivity index (χ1v) is 8.38. The van der Waals surface area contributed by atoms with Crippen LogP contribution in [0.1, 0.15) is 38.5 Å². The monoisotopic (exact) mass is 317 g/mol. The molecule has 0 bridgehead atoms. The number of ether oxygens (including phenoxy) is 2.